The average Bonchev–Trinajstić information content (AvgIpc) is 2.95. The third-order valence-electron chi connectivity index (χ3n) is 5.65. The zero-order valence-electron chi connectivity index (χ0n) is 13.1. The first-order valence-electron chi connectivity index (χ1n) is 8.31. The molecule has 0 amide bonds. The van der Waals surface area contributed by atoms with Gasteiger partial charge < -0.3 is 15.4 Å². The smallest absolute Gasteiger partial charge is 0.191 e. The maximum atomic E-state index is 5.97. The number of nitrogens with one attached hydrogen (secondary N) is 2. The van der Waals surface area contributed by atoms with Gasteiger partial charge in [0.2, 0.25) is 0 Å². The van der Waals surface area contributed by atoms with E-state index in [0.717, 1.165) is 24.9 Å². The fraction of sp³-hybridized carbons (Fsp3) is 0.938. The molecule has 0 aromatic heterocycles. The number of guanidine groups is 1. The van der Waals surface area contributed by atoms with Crippen molar-refractivity contribution in [2.45, 2.75) is 70.6 Å². The van der Waals surface area contributed by atoms with Crippen molar-refractivity contribution in [1.29, 1.82) is 0 Å². The van der Waals surface area contributed by atoms with Crippen LogP contribution in [0.1, 0.15) is 52.4 Å². The molecule has 0 aliphatic heterocycles. The first-order valence-corrected chi connectivity index (χ1v) is 8.31. The molecule has 0 heterocycles. The molecule has 3 fully saturated rings. The molecule has 0 saturated heterocycles. The van der Waals surface area contributed by atoms with Crippen molar-refractivity contribution < 1.29 is 4.74 Å². The van der Waals surface area contributed by atoms with Crippen LogP contribution in [0.5, 0.6) is 0 Å². The van der Waals surface area contributed by atoms with Gasteiger partial charge in [0.1, 0.15) is 0 Å². The highest BCUT2D eigenvalue weighted by Crippen LogP contribution is 2.54. The van der Waals surface area contributed by atoms with E-state index in [1.54, 1.807) is 0 Å². The highest BCUT2D eigenvalue weighted by atomic mass is 16.5. The fourth-order valence-corrected chi connectivity index (χ4v) is 4.12. The molecule has 0 radical (unpaired) electrons. The Hall–Kier alpha value is -0.770. The maximum absolute atomic E-state index is 5.97. The van der Waals surface area contributed by atoms with Crippen molar-refractivity contribution in [1.82, 2.24) is 10.6 Å². The molecule has 3 aliphatic carbocycles. The van der Waals surface area contributed by atoms with Crippen molar-refractivity contribution >= 4 is 5.96 Å². The van der Waals surface area contributed by atoms with Crippen LogP contribution in [0, 0.1) is 11.3 Å². The lowest BCUT2D eigenvalue weighted by molar-refractivity contribution is -0.125. The average molecular weight is 279 g/mol. The van der Waals surface area contributed by atoms with Gasteiger partial charge in [0.05, 0.1) is 6.10 Å². The SMILES string of the molecule is CCOC1CC(NC(=NC)NC2CC2C)C12CCCC2. The van der Waals surface area contributed by atoms with Crippen molar-refractivity contribution in [3.8, 4) is 0 Å². The first kappa shape index (κ1) is 14.2. The molecule has 0 aromatic rings. The van der Waals surface area contributed by atoms with Crippen molar-refractivity contribution in [3.05, 3.63) is 0 Å². The molecule has 1 spiro atoms. The van der Waals surface area contributed by atoms with E-state index in [1.807, 2.05) is 7.05 Å². The molecule has 2 N–H and O–H groups in total. The molecule has 4 unspecified atom stereocenters. The molecule has 4 heteroatoms. The van der Waals surface area contributed by atoms with Gasteiger partial charge in [0, 0.05) is 31.2 Å². The molecule has 0 aromatic carbocycles. The van der Waals surface area contributed by atoms with Gasteiger partial charge in [-0.3, -0.25) is 4.99 Å². The minimum absolute atomic E-state index is 0.378. The Balaban J connectivity index is 1.59. The van der Waals surface area contributed by atoms with Crippen LogP contribution in [-0.4, -0.2) is 37.8 Å². The second kappa shape index (κ2) is 5.55. The van der Waals surface area contributed by atoms with Gasteiger partial charge in [-0.25, -0.2) is 0 Å². The Kier molecular flexibility index (Phi) is 3.93. The van der Waals surface area contributed by atoms with Gasteiger partial charge in [-0.05, 0) is 38.5 Å². The summed E-state index contributed by atoms with van der Waals surface area (Å²) in [5.74, 6) is 1.79. The van der Waals surface area contributed by atoms with Crippen LogP contribution in [0.25, 0.3) is 0 Å². The summed E-state index contributed by atoms with van der Waals surface area (Å²) in [5, 5.41) is 7.22. The predicted molar refractivity (Wildman–Crippen MR) is 81.9 cm³/mol. The Morgan fingerprint density at radius 3 is 2.50 bits per heavy atom. The van der Waals surface area contributed by atoms with E-state index in [4.69, 9.17) is 4.74 Å². The van der Waals surface area contributed by atoms with Gasteiger partial charge in [-0.15, -0.1) is 0 Å². The van der Waals surface area contributed by atoms with Gasteiger partial charge in [0.25, 0.3) is 0 Å². The molecular weight excluding hydrogens is 250 g/mol. The highest BCUT2D eigenvalue weighted by Gasteiger charge is 2.57. The minimum Gasteiger partial charge on any atom is -0.378 e. The van der Waals surface area contributed by atoms with Gasteiger partial charge in [-0.1, -0.05) is 19.8 Å². The van der Waals surface area contributed by atoms with Crippen LogP contribution in [0.3, 0.4) is 0 Å². The Bertz CT molecular complexity index is 376. The molecule has 4 nitrogen and oxygen atoms in total. The monoisotopic (exact) mass is 279 g/mol. The third kappa shape index (κ3) is 2.43. The van der Waals surface area contributed by atoms with E-state index in [0.29, 0.717) is 23.6 Å². The second-order valence-corrected chi connectivity index (χ2v) is 6.85. The van der Waals surface area contributed by atoms with Crippen LogP contribution in [0.15, 0.2) is 4.99 Å². The number of hydrogen-bond acceptors (Lipinski definition) is 2. The van der Waals surface area contributed by atoms with Gasteiger partial charge >= 0.3 is 0 Å². The number of rotatable bonds is 4. The van der Waals surface area contributed by atoms with Crippen molar-refractivity contribution in [2.24, 2.45) is 16.3 Å². The lowest BCUT2D eigenvalue weighted by Crippen LogP contribution is -2.65. The Labute approximate surface area is 122 Å². The summed E-state index contributed by atoms with van der Waals surface area (Å²) in [6.07, 6.45) is 8.21. The summed E-state index contributed by atoms with van der Waals surface area (Å²) in [6.45, 7) is 5.24. The summed E-state index contributed by atoms with van der Waals surface area (Å²) < 4.78 is 5.97. The van der Waals surface area contributed by atoms with E-state index in [2.05, 4.69) is 29.5 Å². The molecule has 3 saturated carbocycles. The largest absolute Gasteiger partial charge is 0.378 e. The summed E-state index contributed by atoms with van der Waals surface area (Å²) in [5.41, 5.74) is 0.378. The molecule has 0 bridgehead atoms. The number of aliphatic imine (C=N–C) groups is 1. The van der Waals surface area contributed by atoms with Gasteiger partial charge in [-0.2, -0.15) is 0 Å². The zero-order valence-corrected chi connectivity index (χ0v) is 13.1. The number of ether oxygens (including phenoxy) is 1. The quantitative estimate of drug-likeness (QED) is 0.613. The first-order chi connectivity index (χ1) is 9.69. The third-order valence-corrected chi connectivity index (χ3v) is 5.65. The summed E-state index contributed by atoms with van der Waals surface area (Å²) >= 11 is 0. The fourth-order valence-electron chi connectivity index (χ4n) is 4.12. The van der Waals surface area contributed by atoms with Crippen LogP contribution in [-0.2, 0) is 4.74 Å². The molecule has 3 aliphatic rings. The lowest BCUT2D eigenvalue weighted by atomic mass is 9.60. The van der Waals surface area contributed by atoms with Crippen molar-refractivity contribution in [2.75, 3.05) is 13.7 Å². The Morgan fingerprint density at radius 1 is 1.25 bits per heavy atom. The number of nitrogens with zero attached hydrogens (tertiary/aromatic N) is 1. The van der Waals surface area contributed by atoms with Crippen molar-refractivity contribution in [3.63, 3.8) is 0 Å². The molecule has 3 rings (SSSR count). The van der Waals surface area contributed by atoms with E-state index in [1.165, 1.54) is 32.1 Å². The maximum Gasteiger partial charge on any atom is 0.191 e. The molecule has 114 valence electrons. The van der Waals surface area contributed by atoms with Gasteiger partial charge in [0.15, 0.2) is 5.96 Å². The van der Waals surface area contributed by atoms with E-state index >= 15 is 0 Å². The summed E-state index contributed by atoms with van der Waals surface area (Å²) in [4.78, 5) is 4.40. The summed E-state index contributed by atoms with van der Waals surface area (Å²) in [7, 11) is 1.88. The van der Waals surface area contributed by atoms with E-state index < -0.39 is 0 Å². The topological polar surface area (TPSA) is 45.6 Å². The van der Waals surface area contributed by atoms with E-state index in [9.17, 15) is 0 Å². The minimum atomic E-state index is 0.378. The molecule has 20 heavy (non-hydrogen) atoms. The standard InChI is InChI=1S/C16H29N3O/c1-4-20-14-10-13(16(14)7-5-6-8-16)19-15(17-3)18-12-9-11(12)2/h11-14H,4-10H2,1-3H3,(H2,17,18,19). The highest BCUT2D eigenvalue weighted by molar-refractivity contribution is 5.81. The zero-order chi connectivity index (χ0) is 14.2. The second-order valence-electron chi connectivity index (χ2n) is 6.85. The predicted octanol–water partition coefficient (Wildman–Crippen LogP) is 2.30. The summed E-state index contributed by atoms with van der Waals surface area (Å²) in [6, 6.07) is 1.17. The molecular formula is C16H29N3O. The molecule has 4 atom stereocenters. The van der Waals surface area contributed by atoms with Crippen LogP contribution in [0.4, 0.5) is 0 Å². The Morgan fingerprint density at radius 2 is 1.95 bits per heavy atom. The van der Waals surface area contributed by atoms with Crippen LogP contribution >= 0.6 is 0 Å². The normalized spacial score (nSPS) is 38.6. The van der Waals surface area contributed by atoms with E-state index in [-0.39, 0.29) is 0 Å². The number of hydrogen-bond donors (Lipinski definition) is 2. The van der Waals surface area contributed by atoms with Crippen LogP contribution < -0.4 is 10.6 Å². The van der Waals surface area contributed by atoms with Crippen LogP contribution in [0.2, 0.25) is 0 Å². The lowest BCUT2D eigenvalue weighted by Gasteiger charge is -2.54.